The van der Waals surface area contributed by atoms with E-state index >= 15 is 0 Å². The zero-order chi connectivity index (χ0) is 14.7. The minimum Gasteiger partial charge on any atom is -0.493 e. The molecule has 1 N–H and O–H groups in total. The number of hydrogen-bond acceptors (Lipinski definition) is 4. The van der Waals surface area contributed by atoms with Crippen molar-refractivity contribution in [1.82, 2.24) is 0 Å². The van der Waals surface area contributed by atoms with Gasteiger partial charge in [-0.2, -0.15) is 0 Å². The van der Waals surface area contributed by atoms with Crippen LogP contribution >= 0.6 is 0 Å². The Balaban J connectivity index is 1.91. The second kappa shape index (κ2) is 5.87. The molecule has 1 aliphatic rings. The van der Waals surface area contributed by atoms with Crippen LogP contribution in [0.15, 0.2) is 48.5 Å². The first-order chi connectivity index (χ1) is 10.3. The van der Waals surface area contributed by atoms with E-state index < -0.39 is 6.23 Å². The highest BCUT2D eigenvalue weighted by molar-refractivity contribution is 5.95. The first kappa shape index (κ1) is 13.5. The van der Waals surface area contributed by atoms with Gasteiger partial charge in [0.2, 0.25) is 6.23 Å². The fourth-order valence-corrected chi connectivity index (χ4v) is 2.35. The van der Waals surface area contributed by atoms with E-state index in [2.05, 4.69) is 5.32 Å². The summed E-state index contributed by atoms with van der Waals surface area (Å²) in [5.41, 5.74) is 2.24. The van der Waals surface area contributed by atoms with Gasteiger partial charge in [0.05, 0.1) is 17.7 Å². The van der Waals surface area contributed by atoms with Crippen molar-refractivity contribution in [2.24, 2.45) is 0 Å². The molecular weight excluding hydrogens is 266 g/mol. The van der Waals surface area contributed by atoms with Crippen molar-refractivity contribution in [2.75, 3.05) is 11.9 Å². The standard InChI is InChI=1S/C17H17NO3/c1-2-11-20-14-10-6-9-13-15(14)16(21-17(13)19)18-12-7-4-3-5-8-12/h3-10,16,18H,2,11H2,1H3. The number of esters is 1. The van der Waals surface area contributed by atoms with Gasteiger partial charge in [-0.3, -0.25) is 0 Å². The van der Waals surface area contributed by atoms with Gasteiger partial charge in [0, 0.05) is 5.69 Å². The number of benzene rings is 2. The Morgan fingerprint density at radius 3 is 2.71 bits per heavy atom. The van der Waals surface area contributed by atoms with Gasteiger partial charge in [0.25, 0.3) is 0 Å². The van der Waals surface area contributed by atoms with Crippen LogP contribution in [0.2, 0.25) is 0 Å². The fraction of sp³-hybridized carbons (Fsp3) is 0.235. The summed E-state index contributed by atoms with van der Waals surface area (Å²) < 4.78 is 11.2. The Kier molecular flexibility index (Phi) is 3.77. The highest BCUT2D eigenvalue weighted by Gasteiger charge is 2.34. The zero-order valence-corrected chi connectivity index (χ0v) is 11.8. The maximum absolute atomic E-state index is 12.0. The second-order valence-electron chi connectivity index (χ2n) is 4.86. The molecule has 0 fully saturated rings. The van der Waals surface area contributed by atoms with Crippen molar-refractivity contribution in [2.45, 2.75) is 19.6 Å². The van der Waals surface area contributed by atoms with E-state index in [4.69, 9.17) is 9.47 Å². The van der Waals surface area contributed by atoms with Gasteiger partial charge in [-0.15, -0.1) is 0 Å². The third-order valence-corrected chi connectivity index (χ3v) is 3.31. The molecule has 1 unspecified atom stereocenters. The molecule has 4 nitrogen and oxygen atoms in total. The van der Waals surface area contributed by atoms with E-state index in [1.807, 2.05) is 49.4 Å². The van der Waals surface area contributed by atoms with E-state index in [1.165, 1.54) is 0 Å². The van der Waals surface area contributed by atoms with Gasteiger partial charge in [-0.05, 0) is 30.7 Å². The number of rotatable bonds is 5. The number of carbonyl (C=O) groups is 1. The Morgan fingerprint density at radius 1 is 1.14 bits per heavy atom. The fourth-order valence-electron chi connectivity index (χ4n) is 2.35. The zero-order valence-electron chi connectivity index (χ0n) is 11.8. The number of para-hydroxylation sites is 1. The van der Waals surface area contributed by atoms with Gasteiger partial charge < -0.3 is 14.8 Å². The molecule has 0 saturated carbocycles. The number of hydrogen-bond donors (Lipinski definition) is 1. The summed E-state index contributed by atoms with van der Waals surface area (Å²) in [5, 5.41) is 3.22. The number of ether oxygens (including phenoxy) is 2. The molecule has 4 heteroatoms. The number of cyclic esters (lactones) is 1. The number of carbonyl (C=O) groups excluding carboxylic acids is 1. The van der Waals surface area contributed by atoms with Crippen LogP contribution in [0.5, 0.6) is 5.75 Å². The maximum atomic E-state index is 12.0. The quantitative estimate of drug-likeness (QED) is 0.849. The van der Waals surface area contributed by atoms with Crippen LogP contribution in [0.3, 0.4) is 0 Å². The minimum atomic E-state index is -0.511. The Hall–Kier alpha value is -2.49. The summed E-state index contributed by atoms with van der Waals surface area (Å²) in [6.45, 7) is 2.66. The average Bonchev–Trinajstić information content (AvgIpc) is 2.83. The topological polar surface area (TPSA) is 47.6 Å². The lowest BCUT2D eigenvalue weighted by atomic mass is 10.1. The molecule has 0 aliphatic carbocycles. The molecular formula is C17H17NO3. The molecule has 0 bridgehead atoms. The lowest BCUT2D eigenvalue weighted by Gasteiger charge is -2.17. The lowest BCUT2D eigenvalue weighted by molar-refractivity contribution is 0.0435. The normalized spacial score (nSPS) is 16.2. The molecule has 21 heavy (non-hydrogen) atoms. The Bertz CT molecular complexity index is 640. The molecule has 1 atom stereocenters. The maximum Gasteiger partial charge on any atom is 0.340 e. The van der Waals surface area contributed by atoms with Crippen LogP contribution in [-0.2, 0) is 4.74 Å². The van der Waals surface area contributed by atoms with Crippen LogP contribution in [-0.4, -0.2) is 12.6 Å². The first-order valence-corrected chi connectivity index (χ1v) is 7.08. The van der Waals surface area contributed by atoms with E-state index in [9.17, 15) is 4.79 Å². The largest absolute Gasteiger partial charge is 0.493 e. The summed E-state index contributed by atoms with van der Waals surface area (Å²) in [6, 6.07) is 15.1. The highest BCUT2D eigenvalue weighted by atomic mass is 16.6. The molecule has 1 heterocycles. The van der Waals surface area contributed by atoms with Crippen LogP contribution in [0.25, 0.3) is 0 Å². The molecule has 0 spiro atoms. The van der Waals surface area contributed by atoms with Gasteiger partial charge in [0.1, 0.15) is 5.75 Å². The van der Waals surface area contributed by atoms with E-state index in [0.29, 0.717) is 17.9 Å². The van der Waals surface area contributed by atoms with Crippen molar-refractivity contribution in [3.63, 3.8) is 0 Å². The molecule has 0 saturated heterocycles. The van der Waals surface area contributed by atoms with E-state index in [0.717, 1.165) is 17.7 Å². The minimum absolute atomic E-state index is 0.319. The summed E-state index contributed by atoms with van der Waals surface area (Å²) in [4.78, 5) is 12.0. The molecule has 0 radical (unpaired) electrons. The molecule has 2 aromatic rings. The van der Waals surface area contributed by atoms with Gasteiger partial charge in [-0.1, -0.05) is 31.2 Å². The monoisotopic (exact) mass is 283 g/mol. The van der Waals surface area contributed by atoms with Gasteiger partial charge in [-0.25, -0.2) is 4.79 Å². The molecule has 2 aromatic carbocycles. The van der Waals surface area contributed by atoms with Crippen molar-refractivity contribution in [3.05, 3.63) is 59.7 Å². The third-order valence-electron chi connectivity index (χ3n) is 3.31. The Morgan fingerprint density at radius 2 is 1.95 bits per heavy atom. The lowest BCUT2D eigenvalue weighted by Crippen LogP contribution is -2.11. The van der Waals surface area contributed by atoms with E-state index in [-0.39, 0.29) is 5.97 Å². The van der Waals surface area contributed by atoms with Crippen LogP contribution < -0.4 is 10.1 Å². The number of fused-ring (bicyclic) bond motifs is 1. The summed E-state index contributed by atoms with van der Waals surface area (Å²) >= 11 is 0. The average molecular weight is 283 g/mol. The summed E-state index contributed by atoms with van der Waals surface area (Å²) in [7, 11) is 0. The molecule has 0 amide bonds. The third kappa shape index (κ3) is 2.70. The van der Waals surface area contributed by atoms with Crippen molar-refractivity contribution in [1.29, 1.82) is 0 Å². The number of nitrogens with one attached hydrogen (secondary N) is 1. The van der Waals surface area contributed by atoms with Crippen molar-refractivity contribution < 1.29 is 14.3 Å². The molecule has 108 valence electrons. The van der Waals surface area contributed by atoms with Crippen LogP contribution in [0.1, 0.15) is 35.5 Å². The van der Waals surface area contributed by atoms with Gasteiger partial charge >= 0.3 is 5.97 Å². The smallest absolute Gasteiger partial charge is 0.340 e. The van der Waals surface area contributed by atoms with Crippen molar-refractivity contribution in [3.8, 4) is 5.75 Å². The summed E-state index contributed by atoms with van der Waals surface area (Å²) in [6.07, 6.45) is 0.401. The predicted molar refractivity (Wildman–Crippen MR) is 80.4 cm³/mol. The Labute approximate surface area is 123 Å². The van der Waals surface area contributed by atoms with Crippen molar-refractivity contribution >= 4 is 11.7 Å². The van der Waals surface area contributed by atoms with Gasteiger partial charge in [0.15, 0.2) is 0 Å². The second-order valence-corrected chi connectivity index (χ2v) is 4.86. The highest BCUT2D eigenvalue weighted by Crippen LogP contribution is 2.38. The molecule has 1 aliphatic heterocycles. The van der Waals surface area contributed by atoms with Crippen LogP contribution in [0.4, 0.5) is 5.69 Å². The molecule has 0 aromatic heterocycles. The van der Waals surface area contributed by atoms with Crippen LogP contribution in [0, 0.1) is 0 Å². The first-order valence-electron chi connectivity index (χ1n) is 7.08. The van der Waals surface area contributed by atoms with E-state index in [1.54, 1.807) is 6.07 Å². The number of anilines is 1. The summed E-state index contributed by atoms with van der Waals surface area (Å²) in [5.74, 6) is 0.383. The molecule has 3 rings (SSSR count). The predicted octanol–water partition coefficient (Wildman–Crippen LogP) is 3.76. The SMILES string of the molecule is CCCOc1cccc2c1C(Nc1ccccc1)OC2=O.